The van der Waals surface area contributed by atoms with Crippen LogP contribution in [0.3, 0.4) is 0 Å². The van der Waals surface area contributed by atoms with E-state index in [4.69, 9.17) is 10.2 Å². The van der Waals surface area contributed by atoms with Gasteiger partial charge in [-0.15, -0.1) is 0 Å². The highest BCUT2D eigenvalue weighted by Crippen LogP contribution is 2.40. The molecule has 0 saturated heterocycles. The van der Waals surface area contributed by atoms with E-state index in [0.29, 0.717) is 5.92 Å². The Labute approximate surface area is 120 Å². The zero-order chi connectivity index (χ0) is 15.0. The molecule has 1 aromatic carbocycles. The summed E-state index contributed by atoms with van der Waals surface area (Å²) in [5.41, 5.74) is 7.13. The number of carbonyl (C=O) groups is 2. The van der Waals surface area contributed by atoms with Gasteiger partial charge in [-0.3, -0.25) is 10.1 Å². The van der Waals surface area contributed by atoms with Crippen molar-refractivity contribution in [3.63, 3.8) is 0 Å². The minimum Gasteiger partial charge on any atom is -0.440 e. The monoisotopic (exact) mass is 288 g/mol. The van der Waals surface area contributed by atoms with Crippen LogP contribution in [0.5, 0.6) is 0 Å². The summed E-state index contributed by atoms with van der Waals surface area (Å²) in [6, 6.07) is 3.98. The number of hydrogen-bond acceptors (Lipinski definition) is 5. The third-order valence-corrected chi connectivity index (χ3v) is 3.35. The minimum absolute atomic E-state index is 0.453. The van der Waals surface area contributed by atoms with Crippen LogP contribution < -0.4 is 16.4 Å². The van der Waals surface area contributed by atoms with E-state index >= 15 is 0 Å². The number of primary amides is 1. The number of imide groups is 1. The quantitative estimate of drug-likeness (QED) is 0.793. The molecule has 4 N–H and O–H groups in total. The number of amides is 3. The van der Waals surface area contributed by atoms with Crippen molar-refractivity contribution in [3.8, 4) is 0 Å². The lowest BCUT2D eigenvalue weighted by atomic mass is 10.2. The number of rotatable bonds is 4. The lowest BCUT2D eigenvalue weighted by Gasteiger charge is -2.13. The molecule has 1 aromatic heterocycles. The molecule has 3 amide bonds. The summed E-state index contributed by atoms with van der Waals surface area (Å²) >= 11 is 0. The smallest absolute Gasteiger partial charge is 0.318 e. The third-order valence-electron chi connectivity index (χ3n) is 3.35. The van der Waals surface area contributed by atoms with E-state index in [2.05, 4.69) is 10.3 Å². The van der Waals surface area contributed by atoms with Crippen molar-refractivity contribution < 1.29 is 14.0 Å². The van der Waals surface area contributed by atoms with Crippen molar-refractivity contribution in [1.29, 1.82) is 0 Å². The van der Waals surface area contributed by atoms with Crippen molar-refractivity contribution in [2.45, 2.75) is 31.7 Å². The highest BCUT2D eigenvalue weighted by molar-refractivity contribution is 5.97. The number of nitrogens with one attached hydrogen (secondary N) is 2. The molecule has 0 unspecified atom stereocenters. The molecule has 0 radical (unpaired) electrons. The summed E-state index contributed by atoms with van der Waals surface area (Å²) in [6.45, 7) is 1.64. The Morgan fingerprint density at radius 3 is 2.86 bits per heavy atom. The second-order valence-electron chi connectivity index (χ2n) is 5.23. The van der Waals surface area contributed by atoms with Gasteiger partial charge in [0.15, 0.2) is 11.5 Å². The zero-order valence-electron chi connectivity index (χ0n) is 11.6. The molecular formula is C14H16N4O3. The van der Waals surface area contributed by atoms with E-state index in [-0.39, 0.29) is 0 Å². The fourth-order valence-electron chi connectivity index (χ4n) is 2.09. The van der Waals surface area contributed by atoms with Crippen LogP contribution in [0.2, 0.25) is 0 Å². The second-order valence-corrected chi connectivity index (χ2v) is 5.23. The van der Waals surface area contributed by atoms with Crippen molar-refractivity contribution in [1.82, 2.24) is 10.3 Å². The van der Waals surface area contributed by atoms with E-state index in [9.17, 15) is 9.59 Å². The van der Waals surface area contributed by atoms with Crippen molar-refractivity contribution in [2.24, 2.45) is 5.73 Å². The van der Waals surface area contributed by atoms with Crippen LogP contribution >= 0.6 is 0 Å². The van der Waals surface area contributed by atoms with Gasteiger partial charge in [-0.25, -0.2) is 9.78 Å². The topological polar surface area (TPSA) is 110 Å². The van der Waals surface area contributed by atoms with Gasteiger partial charge < -0.3 is 15.5 Å². The van der Waals surface area contributed by atoms with Crippen LogP contribution in [0.1, 0.15) is 31.6 Å². The SMILES string of the molecule is C[C@@H](Nc1ccc2oc(C3CC3)nc2c1)C(=O)NC(N)=O. The maximum absolute atomic E-state index is 11.6. The molecule has 7 heteroatoms. The van der Waals surface area contributed by atoms with Gasteiger partial charge in [0.1, 0.15) is 11.6 Å². The molecule has 1 atom stereocenters. The molecule has 3 rings (SSSR count). The number of benzene rings is 1. The van der Waals surface area contributed by atoms with Gasteiger partial charge >= 0.3 is 6.03 Å². The molecule has 1 saturated carbocycles. The van der Waals surface area contributed by atoms with Crippen LogP contribution in [0.25, 0.3) is 11.1 Å². The standard InChI is InChI=1S/C14H16N4O3/c1-7(12(19)18-14(15)20)16-9-4-5-11-10(6-9)17-13(21-11)8-2-3-8/h4-8,16H,2-3H2,1H3,(H3,15,18,19,20)/t7-/m1/s1. The molecule has 21 heavy (non-hydrogen) atoms. The average Bonchev–Trinajstić information content (AvgIpc) is 3.18. The third kappa shape index (κ3) is 2.96. The first-order valence-corrected chi connectivity index (χ1v) is 6.80. The van der Waals surface area contributed by atoms with Crippen LogP contribution in [0.15, 0.2) is 22.6 Å². The summed E-state index contributed by atoms with van der Waals surface area (Å²) < 4.78 is 5.67. The number of aromatic nitrogens is 1. The van der Waals surface area contributed by atoms with Crippen molar-refractivity contribution in [3.05, 3.63) is 24.1 Å². The summed E-state index contributed by atoms with van der Waals surface area (Å²) in [5, 5.41) is 5.02. The fourth-order valence-corrected chi connectivity index (χ4v) is 2.09. The average molecular weight is 288 g/mol. The van der Waals surface area contributed by atoms with Gasteiger partial charge in [0, 0.05) is 11.6 Å². The first-order valence-electron chi connectivity index (χ1n) is 6.80. The largest absolute Gasteiger partial charge is 0.440 e. The Balaban J connectivity index is 1.74. The highest BCUT2D eigenvalue weighted by atomic mass is 16.3. The number of fused-ring (bicyclic) bond motifs is 1. The molecule has 1 heterocycles. The van der Waals surface area contributed by atoms with E-state index in [0.717, 1.165) is 35.5 Å². The Kier molecular flexibility index (Phi) is 3.25. The number of nitrogens with two attached hydrogens (primary N) is 1. The molecule has 0 aliphatic heterocycles. The first-order chi connectivity index (χ1) is 10.0. The van der Waals surface area contributed by atoms with Gasteiger partial charge in [-0.05, 0) is 38.0 Å². The lowest BCUT2D eigenvalue weighted by molar-refractivity contribution is -0.120. The predicted molar refractivity (Wildman–Crippen MR) is 76.8 cm³/mol. The lowest BCUT2D eigenvalue weighted by Crippen LogP contribution is -2.43. The van der Waals surface area contributed by atoms with E-state index in [1.807, 2.05) is 17.4 Å². The van der Waals surface area contributed by atoms with Crippen molar-refractivity contribution in [2.75, 3.05) is 5.32 Å². The summed E-state index contributed by atoms with van der Waals surface area (Å²) in [4.78, 5) is 26.7. The molecule has 0 bridgehead atoms. The number of oxazole rings is 1. The fraction of sp³-hybridized carbons (Fsp3) is 0.357. The molecular weight excluding hydrogens is 272 g/mol. The van der Waals surface area contributed by atoms with Gasteiger partial charge in [-0.1, -0.05) is 0 Å². The van der Waals surface area contributed by atoms with Gasteiger partial charge in [0.25, 0.3) is 0 Å². The molecule has 110 valence electrons. The number of hydrogen-bond donors (Lipinski definition) is 3. The minimum atomic E-state index is -0.866. The van der Waals surface area contributed by atoms with E-state index < -0.39 is 18.0 Å². The van der Waals surface area contributed by atoms with Crippen LogP contribution in [0, 0.1) is 0 Å². The molecule has 7 nitrogen and oxygen atoms in total. The Morgan fingerprint density at radius 1 is 1.43 bits per heavy atom. The second kappa shape index (κ2) is 5.08. The van der Waals surface area contributed by atoms with Gasteiger partial charge in [-0.2, -0.15) is 0 Å². The number of urea groups is 1. The number of anilines is 1. The summed E-state index contributed by atoms with van der Waals surface area (Å²) in [5.74, 6) is 0.747. The maximum Gasteiger partial charge on any atom is 0.318 e. The predicted octanol–water partition coefficient (Wildman–Crippen LogP) is 1.70. The number of carbonyl (C=O) groups excluding carboxylic acids is 2. The van der Waals surface area contributed by atoms with Crippen molar-refractivity contribution >= 4 is 28.7 Å². The Morgan fingerprint density at radius 2 is 2.19 bits per heavy atom. The summed E-state index contributed by atoms with van der Waals surface area (Å²) in [6.07, 6.45) is 2.25. The normalized spacial score (nSPS) is 15.7. The Hall–Kier alpha value is -2.57. The van der Waals surface area contributed by atoms with Gasteiger partial charge in [0.05, 0.1) is 0 Å². The molecule has 1 aliphatic rings. The molecule has 0 spiro atoms. The van der Waals surface area contributed by atoms with E-state index in [1.165, 1.54) is 0 Å². The maximum atomic E-state index is 11.6. The van der Waals surface area contributed by atoms with Crippen LogP contribution in [-0.2, 0) is 4.79 Å². The Bertz CT molecular complexity index is 705. The highest BCUT2D eigenvalue weighted by Gasteiger charge is 2.28. The first kappa shape index (κ1) is 13.4. The zero-order valence-corrected chi connectivity index (χ0v) is 11.6. The van der Waals surface area contributed by atoms with Crippen LogP contribution in [0.4, 0.5) is 10.5 Å². The van der Waals surface area contributed by atoms with E-state index in [1.54, 1.807) is 13.0 Å². The molecule has 1 fully saturated rings. The molecule has 1 aliphatic carbocycles. The molecule has 2 aromatic rings. The summed E-state index contributed by atoms with van der Waals surface area (Å²) in [7, 11) is 0. The van der Waals surface area contributed by atoms with Crippen LogP contribution in [-0.4, -0.2) is 23.0 Å². The van der Waals surface area contributed by atoms with Gasteiger partial charge in [0.2, 0.25) is 5.91 Å². The number of nitrogens with zero attached hydrogens (tertiary/aromatic N) is 1.